The van der Waals surface area contributed by atoms with Crippen molar-refractivity contribution in [1.29, 1.82) is 0 Å². The third-order valence-corrected chi connectivity index (χ3v) is 5.49. The summed E-state index contributed by atoms with van der Waals surface area (Å²) in [6.07, 6.45) is 3.43. The molecule has 3 aromatic rings. The quantitative estimate of drug-likeness (QED) is 0.612. The number of aromatic nitrogens is 7. The fraction of sp³-hybridized carbons (Fsp3) is 0.500. The molecule has 0 unspecified atom stereocenters. The molecular weight excluding hydrogens is 330 g/mol. The van der Waals surface area contributed by atoms with Crippen LogP contribution in [0, 0.1) is 0 Å². The molecule has 1 saturated carbocycles. The lowest BCUT2D eigenvalue weighted by atomic mass is 10.4. The molecule has 9 heteroatoms. The number of nitrogens with zero attached hydrogens (tertiary/aromatic N) is 7. The summed E-state index contributed by atoms with van der Waals surface area (Å²) in [5.74, 6) is 2.58. The summed E-state index contributed by atoms with van der Waals surface area (Å²) in [4.78, 5) is 1.17. The molecule has 120 valence electrons. The second kappa shape index (κ2) is 6.40. The Balaban J connectivity index is 1.56. The normalized spacial score (nSPS) is 14.5. The molecule has 0 aromatic carbocycles. The van der Waals surface area contributed by atoms with Crippen molar-refractivity contribution in [3.63, 3.8) is 0 Å². The molecule has 1 aliphatic carbocycles. The van der Waals surface area contributed by atoms with E-state index >= 15 is 0 Å². The van der Waals surface area contributed by atoms with Crippen LogP contribution in [-0.4, -0.2) is 35.0 Å². The van der Waals surface area contributed by atoms with E-state index < -0.39 is 0 Å². The fourth-order valence-electron chi connectivity index (χ4n) is 2.45. The van der Waals surface area contributed by atoms with Gasteiger partial charge in [-0.2, -0.15) is 0 Å². The van der Waals surface area contributed by atoms with E-state index in [0.29, 0.717) is 11.8 Å². The van der Waals surface area contributed by atoms with Gasteiger partial charge < -0.3 is 0 Å². The molecule has 0 bridgehead atoms. The van der Waals surface area contributed by atoms with E-state index in [0.717, 1.165) is 29.8 Å². The van der Waals surface area contributed by atoms with Gasteiger partial charge in [-0.1, -0.05) is 24.8 Å². The van der Waals surface area contributed by atoms with Gasteiger partial charge in [0, 0.05) is 12.6 Å². The van der Waals surface area contributed by atoms with Crippen LogP contribution in [0.5, 0.6) is 0 Å². The van der Waals surface area contributed by atoms with Crippen LogP contribution < -0.4 is 0 Å². The minimum absolute atomic E-state index is 0.538. The molecule has 23 heavy (non-hydrogen) atoms. The SMILES string of the molecule is CCCn1nnnc1CSc1nnc(-c2cccs2)n1C1CC1. The van der Waals surface area contributed by atoms with Gasteiger partial charge in [-0.25, -0.2) is 4.68 Å². The Morgan fingerprint density at radius 2 is 2.22 bits per heavy atom. The first kappa shape index (κ1) is 14.8. The van der Waals surface area contributed by atoms with Gasteiger partial charge in [0.25, 0.3) is 0 Å². The lowest BCUT2D eigenvalue weighted by Gasteiger charge is -2.07. The zero-order valence-corrected chi connectivity index (χ0v) is 14.4. The van der Waals surface area contributed by atoms with Crippen molar-refractivity contribution >= 4 is 23.1 Å². The van der Waals surface area contributed by atoms with Gasteiger partial charge in [-0.15, -0.1) is 26.6 Å². The van der Waals surface area contributed by atoms with Crippen LogP contribution >= 0.6 is 23.1 Å². The average Bonchev–Trinajstić information content (AvgIpc) is 2.97. The smallest absolute Gasteiger partial charge is 0.192 e. The summed E-state index contributed by atoms with van der Waals surface area (Å²) in [6, 6.07) is 4.69. The first-order valence-corrected chi connectivity index (χ1v) is 9.60. The largest absolute Gasteiger partial charge is 0.298 e. The van der Waals surface area contributed by atoms with Crippen LogP contribution in [0.3, 0.4) is 0 Å². The van der Waals surface area contributed by atoms with E-state index in [4.69, 9.17) is 0 Å². The minimum atomic E-state index is 0.538. The Hall–Kier alpha value is -1.74. The van der Waals surface area contributed by atoms with E-state index in [-0.39, 0.29) is 0 Å². The van der Waals surface area contributed by atoms with Gasteiger partial charge in [0.15, 0.2) is 16.8 Å². The van der Waals surface area contributed by atoms with Crippen molar-refractivity contribution in [3.8, 4) is 10.7 Å². The number of hydrogen-bond donors (Lipinski definition) is 0. The minimum Gasteiger partial charge on any atom is -0.298 e. The van der Waals surface area contributed by atoms with Crippen molar-refractivity contribution in [3.05, 3.63) is 23.3 Å². The number of thioether (sulfide) groups is 1. The number of thiophene rings is 1. The van der Waals surface area contributed by atoms with Crippen LogP contribution in [0.25, 0.3) is 10.7 Å². The molecule has 0 radical (unpaired) electrons. The lowest BCUT2D eigenvalue weighted by Crippen LogP contribution is -2.05. The Kier molecular flexibility index (Phi) is 4.13. The molecule has 1 aliphatic rings. The van der Waals surface area contributed by atoms with Gasteiger partial charge in [0.05, 0.1) is 10.6 Å². The average molecular weight is 347 g/mol. The van der Waals surface area contributed by atoms with Crippen molar-refractivity contribution in [2.75, 3.05) is 0 Å². The molecular formula is C14H17N7S2. The Morgan fingerprint density at radius 3 is 2.96 bits per heavy atom. The third-order valence-electron chi connectivity index (χ3n) is 3.69. The van der Waals surface area contributed by atoms with Crippen molar-refractivity contribution in [1.82, 2.24) is 35.0 Å². The predicted octanol–water partition coefficient (Wildman–Crippen LogP) is 3.03. The van der Waals surface area contributed by atoms with Crippen LogP contribution in [-0.2, 0) is 12.3 Å². The molecule has 0 amide bonds. The molecule has 4 rings (SSSR count). The maximum absolute atomic E-state index is 4.42. The Morgan fingerprint density at radius 1 is 1.30 bits per heavy atom. The lowest BCUT2D eigenvalue weighted by molar-refractivity contribution is 0.564. The molecule has 3 heterocycles. The maximum atomic E-state index is 4.42. The van der Waals surface area contributed by atoms with Gasteiger partial charge in [0.1, 0.15) is 0 Å². The van der Waals surface area contributed by atoms with Crippen LogP contribution in [0.1, 0.15) is 38.1 Å². The predicted molar refractivity (Wildman–Crippen MR) is 89.3 cm³/mol. The molecule has 0 aliphatic heterocycles. The number of hydrogen-bond acceptors (Lipinski definition) is 7. The topological polar surface area (TPSA) is 74.3 Å². The van der Waals surface area contributed by atoms with Gasteiger partial charge in [-0.3, -0.25) is 4.57 Å². The van der Waals surface area contributed by atoms with Crippen molar-refractivity contribution < 1.29 is 0 Å². The maximum Gasteiger partial charge on any atom is 0.192 e. The molecule has 1 fully saturated rings. The van der Waals surface area contributed by atoms with E-state index in [9.17, 15) is 0 Å². The highest BCUT2D eigenvalue weighted by molar-refractivity contribution is 7.98. The summed E-state index contributed by atoms with van der Waals surface area (Å²) in [7, 11) is 0. The zero-order chi connectivity index (χ0) is 15.6. The van der Waals surface area contributed by atoms with Crippen molar-refractivity contribution in [2.24, 2.45) is 0 Å². The fourth-order valence-corrected chi connectivity index (χ4v) is 4.10. The summed E-state index contributed by atoms with van der Waals surface area (Å²) in [5, 5.41) is 23.8. The highest BCUT2D eigenvalue weighted by atomic mass is 32.2. The van der Waals surface area contributed by atoms with E-state index in [1.165, 1.54) is 17.7 Å². The molecule has 7 nitrogen and oxygen atoms in total. The number of aryl methyl sites for hydroxylation is 1. The van der Waals surface area contributed by atoms with Crippen LogP contribution in [0.4, 0.5) is 0 Å². The summed E-state index contributed by atoms with van der Waals surface area (Å²) in [5.41, 5.74) is 0. The van der Waals surface area contributed by atoms with Gasteiger partial charge in [-0.05, 0) is 41.1 Å². The van der Waals surface area contributed by atoms with E-state index in [2.05, 4.69) is 54.7 Å². The molecule has 0 saturated heterocycles. The molecule has 0 atom stereocenters. The number of rotatable bonds is 7. The van der Waals surface area contributed by atoms with E-state index in [1.807, 2.05) is 4.68 Å². The molecule has 0 spiro atoms. The Labute approximate surface area is 142 Å². The van der Waals surface area contributed by atoms with Crippen LogP contribution in [0.2, 0.25) is 0 Å². The highest BCUT2D eigenvalue weighted by Gasteiger charge is 2.30. The summed E-state index contributed by atoms with van der Waals surface area (Å²) < 4.78 is 4.15. The second-order valence-corrected chi connectivity index (χ2v) is 7.38. The summed E-state index contributed by atoms with van der Waals surface area (Å²) in [6.45, 7) is 2.97. The summed E-state index contributed by atoms with van der Waals surface area (Å²) >= 11 is 3.37. The Bertz CT molecular complexity index is 773. The standard InChI is InChI=1S/C14H17N7S2/c1-2-7-20-12(15-18-19-20)9-23-14-17-16-13(11-4-3-8-22-11)21(14)10-5-6-10/h3-4,8,10H,2,5-7,9H2,1H3. The first-order valence-electron chi connectivity index (χ1n) is 7.73. The first-order chi connectivity index (χ1) is 11.4. The van der Waals surface area contributed by atoms with Crippen molar-refractivity contribution in [2.45, 2.75) is 49.7 Å². The number of tetrazole rings is 1. The zero-order valence-electron chi connectivity index (χ0n) is 12.8. The molecule has 3 aromatic heterocycles. The third kappa shape index (κ3) is 3.02. The van der Waals surface area contributed by atoms with E-state index in [1.54, 1.807) is 23.1 Å². The molecule has 0 N–H and O–H groups in total. The highest BCUT2D eigenvalue weighted by Crippen LogP contribution is 2.42. The van der Waals surface area contributed by atoms with Gasteiger partial charge in [0.2, 0.25) is 0 Å². The van der Waals surface area contributed by atoms with Crippen LogP contribution in [0.15, 0.2) is 22.7 Å². The second-order valence-electron chi connectivity index (χ2n) is 5.49. The van der Waals surface area contributed by atoms with Gasteiger partial charge >= 0.3 is 0 Å². The monoisotopic (exact) mass is 347 g/mol.